The number of nitrogens with zero attached hydrogens (tertiary/aromatic N) is 2. The molecule has 12 heteroatoms. The van der Waals surface area contributed by atoms with Crippen LogP contribution in [0.3, 0.4) is 0 Å². The molecule has 0 bridgehead atoms. The van der Waals surface area contributed by atoms with Crippen molar-refractivity contribution in [2.45, 2.75) is 32.2 Å². The molecule has 4 amide bonds. The van der Waals surface area contributed by atoms with Gasteiger partial charge in [0.25, 0.3) is 5.91 Å². The zero-order valence-electron chi connectivity index (χ0n) is 11.7. The SMILES string of the molecule is CC(C)C1C(=O)N(C(=O)C(F)(F)F)CC(=O)N1C(=O)C(F)(F)F. The van der Waals surface area contributed by atoms with Crippen molar-refractivity contribution in [1.29, 1.82) is 0 Å². The number of carbonyl (C=O) groups excluding carboxylic acids is 4. The molecule has 0 spiro atoms. The number of hydrogen-bond acceptors (Lipinski definition) is 4. The number of alkyl halides is 6. The molecule has 130 valence electrons. The van der Waals surface area contributed by atoms with Gasteiger partial charge in [-0.3, -0.25) is 29.0 Å². The standard InChI is InChI=1S/C11H10F6N2O4/c1-4(2)6-7(21)18(8(22)10(12,13)14)3-5(20)19(6)9(23)11(15,16)17/h4,6H,3H2,1-2H3. The first kappa shape index (κ1) is 18.9. The molecule has 1 saturated heterocycles. The van der Waals surface area contributed by atoms with Gasteiger partial charge in [-0.25, -0.2) is 0 Å². The molecule has 0 aromatic rings. The van der Waals surface area contributed by atoms with E-state index in [0.717, 1.165) is 13.8 Å². The lowest BCUT2D eigenvalue weighted by Gasteiger charge is -2.40. The molecule has 1 aliphatic rings. The third kappa shape index (κ3) is 3.62. The van der Waals surface area contributed by atoms with E-state index < -0.39 is 64.3 Å². The number of piperazine rings is 1. The van der Waals surface area contributed by atoms with Crippen LogP contribution in [0.2, 0.25) is 0 Å². The summed E-state index contributed by atoms with van der Waals surface area (Å²) >= 11 is 0. The Bertz CT molecular complexity index is 554. The fourth-order valence-electron chi connectivity index (χ4n) is 2.00. The van der Waals surface area contributed by atoms with E-state index in [0.29, 0.717) is 0 Å². The van der Waals surface area contributed by atoms with Crippen molar-refractivity contribution in [2.24, 2.45) is 5.92 Å². The Balaban J connectivity index is 3.29. The largest absolute Gasteiger partial charge is 0.471 e. The summed E-state index contributed by atoms with van der Waals surface area (Å²) in [7, 11) is 0. The molecular formula is C11H10F6N2O4. The number of amides is 4. The highest BCUT2D eigenvalue weighted by Crippen LogP contribution is 2.28. The van der Waals surface area contributed by atoms with Gasteiger partial charge in [-0.1, -0.05) is 13.8 Å². The molecule has 0 N–H and O–H groups in total. The van der Waals surface area contributed by atoms with Gasteiger partial charge in [-0.15, -0.1) is 0 Å². The minimum absolute atomic E-state index is 0.437. The van der Waals surface area contributed by atoms with Gasteiger partial charge < -0.3 is 0 Å². The lowest BCUT2D eigenvalue weighted by atomic mass is 9.98. The van der Waals surface area contributed by atoms with E-state index in [1.807, 2.05) is 0 Å². The lowest BCUT2D eigenvalue weighted by Crippen LogP contribution is -2.67. The van der Waals surface area contributed by atoms with E-state index in [9.17, 15) is 45.5 Å². The quantitative estimate of drug-likeness (QED) is 0.659. The highest BCUT2D eigenvalue weighted by molar-refractivity contribution is 6.12. The van der Waals surface area contributed by atoms with Gasteiger partial charge in [0.05, 0.1) is 0 Å². The first-order valence-corrected chi connectivity index (χ1v) is 6.05. The summed E-state index contributed by atoms with van der Waals surface area (Å²) in [5.74, 6) is -9.90. The molecule has 0 aliphatic carbocycles. The summed E-state index contributed by atoms with van der Waals surface area (Å²) in [6.45, 7) is 0.643. The van der Waals surface area contributed by atoms with Crippen LogP contribution in [0.4, 0.5) is 26.3 Å². The predicted octanol–water partition coefficient (Wildman–Crippen LogP) is 0.860. The number of hydrogen-bond donors (Lipinski definition) is 0. The average Bonchev–Trinajstić information content (AvgIpc) is 2.36. The second-order valence-corrected chi connectivity index (χ2v) is 4.98. The molecule has 0 saturated carbocycles. The Kier molecular flexibility index (Phi) is 4.78. The van der Waals surface area contributed by atoms with Crippen molar-refractivity contribution in [3.05, 3.63) is 0 Å². The summed E-state index contributed by atoms with van der Waals surface area (Å²) < 4.78 is 74.7. The van der Waals surface area contributed by atoms with Crippen LogP contribution < -0.4 is 0 Å². The summed E-state index contributed by atoms with van der Waals surface area (Å²) in [4.78, 5) is 45.1. The van der Waals surface area contributed by atoms with E-state index in [2.05, 4.69) is 0 Å². The smallest absolute Gasteiger partial charge is 0.272 e. The van der Waals surface area contributed by atoms with Crippen molar-refractivity contribution in [3.8, 4) is 0 Å². The zero-order chi connectivity index (χ0) is 18.3. The maximum Gasteiger partial charge on any atom is 0.471 e. The van der Waals surface area contributed by atoms with E-state index in [4.69, 9.17) is 0 Å². The second kappa shape index (κ2) is 5.81. The topological polar surface area (TPSA) is 74.8 Å². The Morgan fingerprint density at radius 1 is 1.00 bits per heavy atom. The van der Waals surface area contributed by atoms with Gasteiger partial charge >= 0.3 is 24.2 Å². The molecule has 1 unspecified atom stereocenters. The molecule has 0 aromatic carbocycles. The van der Waals surface area contributed by atoms with Crippen molar-refractivity contribution < 1.29 is 45.5 Å². The minimum atomic E-state index is -5.50. The van der Waals surface area contributed by atoms with Crippen LogP contribution in [0.1, 0.15) is 13.8 Å². The average molecular weight is 348 g/mol. The molecule has 1 atom stereocenters. The lowest BCUT2D eigenvalue weighted by molar-refractivity contribution is -0.202. The monoisotopic (exact) mass is 348 g/mol. The third-order valence-electron chi connectivity index (χ3n) is 2.94. The van der Waals surface area contributed by atoms with E-state index in [-0.39, 0.29) is 0 Å². The fraction of sp³-hybridized carbons (Fsp3) is 0.636. The summed E-state index contributed by atoms with van der Waals surface area (Å²) in [5, 5.41) is 0. The molecule has 0 radical (unpaired) electrons. The van der Waals surface area contributed by atoms with Crippen molar-refractivity contribution >= 4 is 23.6 Å². The van der Waals surface area contributed by atoms with Crippen molar-refractivity contribution in [2.75, 3.05) is 6.54 Å². The van der Waals surface area contributed by atoms with Gasteiger partial charge in [-0.05, 0) is 5.92 Å². The van der Waals surface area contributed by atoms with Crippen LogP contribution >= 0.6 is 0 Å². The van der Waals surface area contributed by atoms with Gasteiger partial charge in [-0.2, -0.15) is 26.3 Å². The summed E-state index contributed by atoms with van der Waals surface area (Å²) in [6.07, 6.45) is -11.0. The number of rotatable bonds is 1. The minimum Gasteiger partial charge on any atom is -0.272 e. The van der Waals surface area contributed by atoms with Gasteiger partial charge in [0.1, 0.15) is 12.6 Å². The molecule has 1 heterocycles. The molecule has 1 rings (SSSR count). The van der Waals surface area contributed by atoms with Crippen LogP contribution in [0.15, 0.2) is 0 Å². The highest BCUT2D eigenvalue weighted by atomic mass is 19.4. The third-order valence-corrected chi connectivity index (χ3v) is 2.94. The Hall–Kier alpha value is -2.14. The normalized spacial score (nSPS) is 20.3. The first-order chi connectivity index (χ1) is 10.2. The molecule has 23 heavy (non-hydrogen) atoms. The number of carbonyl (C=O) groups is 4. The highest BCUT2D eigenvalue weighted by Gasteiger charge is 2.56. The van der Waals surface area contributed by atoms with Crippen LogP contribution in [-0.4, -0.2) is 58.4 Å². The number of imide groups is 2. The first-order valence-electron chi connectivity index (χ1n) is 6.05. The van der Waals surface area contributed by atoms with Gasteiger partial charge in [0.2, 0.25) is 5.91 Å². The van der Waals surface area contributed by atoms with Gasteiger partial charge in [0, 0.05) is 0 Å². The Morgan fingerprint density at radius 2 is 1.43 bits per heavy atom. The fourth-order valence-corrected chi connectivity index (χ4v) is 2.00. The molecule has 1 fully saturated rings. The molecule has 0 aromatic heterocycles. The van der Waals surface area contributed by atoms with Gasteiger partial charge in [0.15, 0.2) is 0 Å². The second-order valence-electron chi connectivity index (χ2n) is 4.98. The van der Waals surface area contributed by atoms with Crippen LogP contribution in [0, 0.1) is 5.92 Å². The Morgan fingerprint density at radius 3 is 1.78 bits per heavy atom. The zero-order valence-corrected chi connectivity index (χ0v) is 11.7. The van der Waals surface area contributed by atoms with Crippen LogP contribution in [0.5, 0.6) is 0 Å². The Labute approximate surface area is 125 Å². The van der Waals surface area contributed by atoms with Crippen LogP contribution in [-0.2, 0) is 19.2 Å². The maximum absolute atomic E-state index is 12.5. The maximum atomic E-state index is 12.5. The van der Waals surface area contributed by atoms with E-state index >= 15 is 0 Å². The van der Waals surface area contributed by atoms with Crippen molar-refractivity contribution in [3.63, 3.8) is 0 Å². The number of halogens is 6. The van der Waals surface area contributed by atoms with E-state index in [1.165, 1.54) is 0 Å². The molecule has 6 nitrogen and oxygen atoms in total. The summed E-state index contributed by atoms with van der Waals surface area (Å²) in [6, 6.07) is -2.16. The van der Waals surface area contributed by atoms with Crippen LogP contribution in [0.25, 0.3) is 0 Å². The predicted molar refractivity (Wildman–Crippen MR) is 59.3 cm³/mol. The van der Waals surface area contributed by atoms with Crippen molar-refractivity contribution in [1.82, 2.24) is 9.80 Å². The summed E-state index contributed by atoms with van der Waals surface area (Å²) in [5.41, 5.74) is 0. The molecular weight excluding hydrogens is 338 g/mol. The molecule has 1 aliphatic heterocycles. The van der Waals surface area contributed by atoms with E-state index in [1.54, 1.807) is 0 Å².